The van der Waals surface area contributed by atoms with Crippen LogP contribution >= 0.6 is 11.3 Å². The van der Waals surface area contributed by atoms with Crippen molar-refractivity contribution in [3.63, 3.8) is 0 Å². The van der Waals surface area contributed by atoms with Gasteiger partial charge in [-0.25, -0.2) is 13.8 Å². The number of thiazole rings is 1. The summed E-state index contributed by atoms with van der Waals surface area (Å²) in [5.41, 5.74) is 5.75. The highest BCUT2D eigenvalue weighted by Gasteiger charge is 2.31. The molecule has 3 N–H and O–H groups in total. The third kappa shape index (κ3) is 2.06. The zero-order valence-corrected chi connectivity index (χ0v) is 10.4. The first-order chi connectivity index (χ1) is 9.04. The predicted molar refractivity (Wildman–Crippen MR) is 68.0 cm³/mol. The molecule has 0 aliphatic carbocycles. The van der Waals surface area contributed by atoms with Crippen LogP contribution in [0.1, 0.15) is 22.8 Å². The number of halogens is 2. The van der Waals surface area contributed by atoms with Crippen LogP contribution < -0.4 is 11.1 Å². The number of nitrogens with zero attached hydrogens (tertiary/aromatic N) is 1. The summed E-state index contributed by atoms with van der Waals surface area (Å²) in [7, 11) is 0. The summed E-state index contributed by atoms with van der Waals surface area (Å²) in [6.45, 7) is 0. The van der Waals surface area contributed by atoms with Crippen LogP contribution in [-0.2, 0) is 4.79 Å². The first kappa shape index (κ1) is 12.0. The van der Waals surface area contributed by atoms with Crippen LogP contribution in [0, 0.1) is 11.6 Å². The highest BCUT2D eigenvalue weighted by atomic mass is 32.1. The number of hydrogen-bond acceptors (Lipinski definition) is 4. The van der Waals surface area contributed by atoms with Gasteiger partial charge in [-0.15, -0.1) is 0 Å². The lowest BCUT2D eigenvalue weighted by Crippen LogP contribution is -2.23. The number of carbonyl (C=O) groups excluding carboxylic acids is 1. The first-order valence-corrected chi connectivity index (χ1v) is 6.37. The number of rotatable bonds is 1. The fraction of sp³-hybridized carbons (Fsp3) is 0.167. The van der Waals surface area contributed by atoms with Gasteiger partial charge in [0.2, 0.25) is 5.91 Å². The third-order valence-corrected chi connectivity index (χ3v) is 3.97. The SMILES string of the molecule is Nc1nc2c(s1)[C@H](c1cc(F)ccc1F)CC(=O)N2. The van der Waals surface area contributed by atoms with Crippen molar-refractivity contribution in [1.29, 1.82) is 0 Å². The smallest absolute Gasteiger partial charge is 0.226 e. The van der Waals surface area contributed by atoms with Gasteiger partial charge in [-0.1, -0.05) is 11.3 Å². The van der Waals surface area contributed by atoms with Crippen LogP contribution in [0.15, 0.2) is 18.2 Å². The molecular formula is C12H9F2N3OS. The molecule has 0 spiro atoms. The molecule has 1 aromatic heterocycles. The van der Waals surface area contributed by atoms with Gasteiger partial charge in [0.25, 0.3) is 0 Å². The zero-order chi connectivity index (χ0) is 13.6. The van der Waals surface area contributed by atoms with Gasteiger partial charge in [-0.05, 0) is 23.8 Å². The van der Waals surface area contributed by atoms with Gasteiger partial charge in [-0.2, -0.15) is 0 Å². The highest BCUT2D eigenvalue weighted by molar-refractivity contribution is 7.16. The van der Waals surface area contributed by atoms with E-state index in [-0.39, 0.29) is 23.0 Å². The number of nitrogen functional groups attached to an aromatic ring is 1. The molecule has 0 saturated heterocycles. The number of carbonyl (C=O) groups is 1. The van der Waals surface area contributed by atoms with Crippen LogP contribution in [0.3, 0.4) is 0 Å². The summed E-state index contributed by atoms with van der Waals surface area (Å²) in [6.07, 6.45) is 0.0506. The average molecular weight is 281 g/mol. The Morgan fingerprint density at radius 1 is 1.42 bits per heavy atom. The maximum atomic E-state index is 13.8. The van der Waals surface area contributed by atoms with Crippen molar-refractivity contribution in [2.75, 3.05) is 11.1 Å². The Kier molecular flexibility index (Phi) is 2.70. The number of nitrogens with two attached hydrogens (primary N) is 1. The highest BCUT2D eigenvalue weighted by Crippen LogP contribution is 2.42. The van der Waals surface area contributed by atoms with Gasteiger partial charge >= 0.3 is 0 Å². The Balaban J connectivity index is 2.14. The molecule has 1 aromatic carbocycles. The van der Waals surface area contributed by atoms with Gasteiger partial charge < -0.3 is 11.1 Å². The molecule has 1 aliphatic rings. The van der Waals surface area contributed by atoms with Crippen molar-refractivity contribution in [1.82, 2.24) is 4.98 Å². The summed E-state index contributed by atoms with van der Waals surface area (Å²) in [4.78, 5) is 16.2. The van der Waals surface area contributed by atoms with Gasteiger partial charge in [0.15, 0.2) is 5.13 Å². The van der Waals surface area contributed by atoms with Gasteiger partial charge in [0.05, 0.1) is 4.88 Å². The van der Waals surface area contributed by atoms with Crippen molar-refractivity contribution in [2.45, 2.75) is 12.3 Å². The Morgan fingerprint density at radius 2 is 2.21 bits per heavy atom. The van der Waals surface area contributed by atoms with E-state index in [9.17, 15) is 13.6 Å². The largest absolute Gasteiger partial charge is 0.375 e. The van der Waals surface area contributed by atoms with E-state index in [0.29, 0.717) is 10.7 Å². The molecule has 7 heteroatoms. The second-order valence-electron chi connectivity index (χ2n) is 4.24. The normalized spacial score (nSPS) is 18.0. The van der Waals surface area contributed by atoms with Crippen molar-refractivity contribution < 1.29 is 13.6 Å². The number of benzene rings is 1. The molecule has 0 fully saturated rings. The molecule has 0 radical (unpaired) electrons. The van der Waals surface area contributed by atoms with E-state index in [1.54, 1.807) is 0 Å². The van der Waals surface area contributed by atoms with Crippen molar-refractivity contribution in [2.24, 2.45) is 0 Å². The zero-order valence-electron chi connectivity index (χ0n) is 9.61. The maximum absolute atomic E-state index is 13.8. The minimum Gasteiger partial charge on any atom is -0.375 e. The second-order valence-corrected chi connectivity index (χ2v) is 5.30. The van der Waals surface area contributed by atoms with Crippen LogP contribution in [0.4, 0.5) is 19.7 Å². The molecule has 19 heavy (non-hydrogen) atoms. The fourth-order valence-corrected chi connectivity index (χ4v) is 3.08. The Hall–Kier alpha value is -2.02. The minimum absolute atomic E-state index is 0.0506. The average Bonchev–Trinajstić information content (AvgIpc) is 2.71. The summed E-state index contributed by atoms with van der Waals surface area (Å²) in [5.74, 6) is -1.58. The van der Waals surface area contributed by atoms with Crippen LogP contribution in [-0.4, -0.2) is 10.9 Å². The van der Waals surface area contributed by atoms with E-state index in [0.717, 1.165) is 18.2 Å². The number of amides is 1. The fourth-order valence-electron chi connectivity index (χ4n) is 2.17. The van der Waals surface area contributed by atoms with E-state index in [4.69, 9.17) is 5.73 Å². The molecule has 3 rings (SSSR count). The molecule has 0 unspecified atom stereocenters. The number of fused-ring (bicyclic) bond motifs is 1. The molecular weight excluding hydrogens is 272 g/mol. The lowest BCUT2D eigenvalue weighted by Gasteiger charge is -2.21. The summed E-state index contributed by atoms with van der Waals surface area (Å²) in [6, 6.07) is 3.21. The number of hydrogen-bond donors (Lipinski definition) is 2. The number of nitrogens with one attached hydrogen (secondary N) is 1. The molecule has 1 amide bonds. The molecule has 1 atom stereocenters. The lowest BCUT2D eigenvalue weighted by molar-refractivity contribution is -0.116. The van der Waals surface area contributed by atoms with E-state index in [1.165, 1.54) is 11.3 Å². The maximum Gasteiger partial charge on any atom is 0.226 e. The molecule has 0 saturated carbocycles. The van der Waals surface area contributed by atoms with Crippen molar-refractivity contribution in [3.8, 4) is 0 Å². The third-order valence-electron chi connectivity index (χ3n) is 2.97. The second kappa shape index (κ2) is 4.27. The minimum atomic E-state index is -0.547. The van der Waals surface area contributed by atoms with E-state index >= 15 is 0 Å². The standard InChI is InChI=1S/C12H9F2N3OS/c13-5-1-2-8(14)6(3-5)7-4-9(18)16-11-10(7)19-12(15)17-11/h1-3,7H,4H2,(H2,15,17)(H,16,18)/t7-/m0/s1. The number of aromatic nitrogens is 1. The molecule has 98 valence electrons. The first-order valence-electron chi connectivity index (χ1n) is 5.55. The Morgan fingerprint density at radius 3 is 3.00 bits per heavy atom. The monoisotopic (exact) mass is 281 g/mol. The predicted octanol–water partition coefficient (Wildman–Crippen LogP) is 2.48. The van der Waals surface area contributed by atoms with Gasteiger partial charge in [-0.3, -0.25) is 4.79 Å². The van der Waals surface area contributed by atoms with E-state index in [1.807, 2.05) is 0 Å². The summed E-state index contributed by atoms with van der Waals surface area (Å²) in [5, 5.41) is 2.86. The van der Waals surface area contributed by atoms with Gasteiger partial charge in [0.1, 0.15) is 17.5 Å². The van der Waals surface area contributed by atoms with E-state index < -0.39 is 17.6 Å². The molecule has 1 aliphatic heterocycles. The molecule has 2 heterocycles. The Labute approximate surface area is 111 Å². The molecule has 4 nitrogen and oxygen atoms in total. The Bertz CT molecular complexity index is 671. The molecule has 0 bridgehead atoms. The number of anilines is 2. The van der Waals surface area contributed by atoms with Crippen LogP contribution in [0.2, 0.25) is 0 Å². The quantitative estimate of drug-likeness (QED) is 0.843. The van der Waals surface area contributed by atoms with Crippen molar-refractivity contribution in [3.05, 3.63) is 40.3 Å². The topological polar surface area (TPSA) is 68.0 Å². The molecule has 2 aromatic rings. The van der Waals surface area contributed by atoms with Gasteiger partial charge in [0, 0.05) is 12.3 Å². The summed E-state index contributed by atoms with van der Waals surface area (Å²) >= 11 is 1.17. The van der Waals surface area contributed by atoms with Crippen LogP contribution in [0.5, 0.6) is 0 Å². The van der Waals surface area contributed by atoms with E-state index in [2.05, 4.69) is 10.3 Å². The summed E-state index contributed by atoms with van der Waals surface area (Å²) < 4.78 is 27.1. The van der Waals surface area contributed by atoms with Crippen molar-refractivity contribution >= 4 is 28.2 Å². The van der Waals surface area contributed by atoms with Crippen LogP contribution in [0.25, 0.3) is 0 Å². The lowest BCUT2D eigenvalue weighted by atomic mass is 9.91.